The normalized spacial score (nSPS) is 15.6. The van der Waals surface area contributed by atoms with E-state index in [1.54, 1.807) is 0 Å². The minimum absolute atomic E-state index is 0.0807. The van der Waals surface area contributed by atoms with E-state index in [1.165, 1.54) is 0 Å². The van der Waals surface area contributed by atoms with Gasteiger partial charge >= 0.3 is 0 Å². The minimum atomic E-state index is -0.0807. The second-order valence-corrected chi connectivity index (χ2v) is 7.14. The van der Waals surface area contributed by atoms with Crippen LogP contribution < -0.4 is 5.56 Å². The number of fused-ring (bicyclic) bond motifs is 2. The van der Waals surface area contributed by atoms with E-state index in [0.29, 0.717) is 5.39 Å². The van der Waals surface area contributed by atoms with Gasteiger partial charge in [0.05, 0.1) is 16.6 Å². The van der Waals surface area contributed by atoms with E-state index in [-0.39, 0.29) is 11.5 Å². The van der Waals surface area contributed by atoms with Crippen molar-refractivity contribution in [2.45, 2.75) is 25.7 Å². The topological polar surface area (TPSA) is 72.3 Å². The Hall–Kier alpha value is -2.99. The van der Waals surface area contributed by atoms with Crippen LogP contribution in [-0.2, 0) is 4.74 Å². The highest BCUT2D eigenvalue weighted by molar-refractivity contribution is 5.83. The van der Waals surface area contributed by atoms with E-state index in [1.807, 2.05) is 54.0 Å². The molecule has 0 saturated carbocycles. The molecule has 6 nitrogen and oxygen atoms in total. The largest absolute Gasteiger partial charge is 0.381 e. The van der Waals surface area contributed by atoms with Gasteiger partial charge in [-0.2, -0.15) is 0 Å². The van der Waals surface area contributed by atoms with Gasteiger partial charge in [0.2, 0.25) is 0 Å². The Labute approximate surface area is 155 Å². The number of aromatic amines is 1. The van der Waals surface area contributed by atoms with Crippen molar-refractivity contribution in [2.75, 3.05) is 13.2 Å². The van der Waals surface area contributed by atoms with Gasteiger partial charge in [0.25, 0.3) is 5.56 Å². The Morgan fingerprint density at radius 2 is 1.89 bits per heavy atom. The van der Waals surface area contributed by atoms with E-state index >= 15 is 0 Å². The standard InChI is InChI=1S/C21H20N4O2/c1-13-11-25-12-16(3-5-19(25)22-13)15-2-4-18-17(10-15)21(26)24-20(23-18)14-6-8-27-9-7-14/h2-5,10-12,14H,6-9H2,1H3,(H,23,24,26). The Morgan fingerprint density at radius 1 is 1.07 bits per heavy atom. The number of aromatic nitrogens is 4. The summed E-state index contributed by atoms with van der Waals surface area (Å²) in [6.07, 6.45) is 5.83. The highest BCUT2D eigenvalue weighted by atomic mass is 16.5. The number of pyridine rings is 1. The molecule has 4 heterocycles. The van der Waals surface area contributed by atoms with Crippen LogP contribution in [0.4, 0.5) is 0 Å². The van der Waals surface area contributed by atoms with Crippen LogP contribution in [0.3, 0.4) is 0 Å². The SMILES string of the molecule is Cc1cn2cc(-c3ccc4nc(C5CCOCC5)[nH]c(=O)c4c3)ccc2n1. The summed E-state index contributed by atoms with van der Waals surface area (Å²) in [4.78, 5) is 24.9. The molecule has 0 atom stereocenters. The van der Waals surface area contributed by atoms with Crippen molar-refractivity contribution in [1.82, 2.24) is 19.4 Å². The third-order valence-corrected chi connectivity index (χ3v) is 5.24. The van der Waals surface area contributed by atoms with E-state index in [2.05, 4.69) is 9.97 Å². The van der Waals surface area contributed by atoms with Crippen molar-refractivity contribution < 1.29 is 4.74 Å². The number of benzene rings is 1. The third kappa shape index (κ3) is 2.92. The van der Waals surface area contributed by atoms with Gasteiger partial charge in [0.15, 0.2) is 0 Å². The predicted molar refractivity (Wildman–Crippen MR) is 104 cm³/mol. The molecule has 1 saturated heterocycles. The van der Waals surface area contributed by atoms with Crippen LogP contribution in [0.2, 0.25) is 0 Å². The Morgan fingerprint density at radius 3 is 2.74 bits per heavy atom. The van der Waals surface area contributed by atoms with Crippen LogP contribution in [0.25, 0.3) is 27.7 Å². The number of hydrogen-bond acceptors (Lipinski definition) is 4. The fourth-order valence-corrected chi connectivity index (χ4v) is 3.79. The van der Waals surface area contributed by atoms with Gasteiger partial charge in [-0.1, -0.05) is 6.07 Å². The van der Waals surface area contributed by atoms with E-state index in [0.717, 1.165) is 59.9 Å². The molecule has 0 bridgehead atoms. The molecule has 3 aromatic heterocycles. The van der Waals surface area contributed by atoms with Gasteiger partial charge in [-0.3, -0.25) is 4.79 Å². The van der Waals surface area contributed by atoms with Crippen molar-refractivity contribution in [3.63, 3.8) is 0 Å². The van der Waals surface area contributed by atoms with Crippen molar-refractivity contribution in [1.29, 1.82) is 0 Å². The van der Waals surface area contributed by atoms with Gasteiger partial charge in [0, 0.05) is 31.5 Å². The molecule has 1 aliphatic rings. The Kier molecular flexibility index (Phi) is 3.79. The predicted octanol–water partition coefficient (Wildman–Crippen LogP) is 3.44. The van der Waals surface area contributed by atoms with Gasteiger partial charge in [-0.25, -0.2) is 9.97 Å². The molecule has 1 N–H and O–H groups in total. The lowest BCUT2D eigenvalue weighted by molar-refractivity contribution is 0.0836. The molecule has 136 valence electrons. The molecule has 5 rings (SSSR count). The Bertz CT molecular complexity index is 1200. The van der Waals surface area contributed by atoms with Gasteiger partial charge in [-0.15, -0.1) is 0 Å². The molecule has 0 radical (unpaired) electrons. The Balaban J connectivity index is 1.58. The zero-order chi connectivity index (χ0) is 18.4. The van der Waals surface area contributed by atoms with Crippen LogP contribution >= 0.6 is 0 Å². The number of aryl methyl sites for hydroxylation is 1. The van der Waals surface area contributed by atoms with Gasteiger partial charge in [0.1, 0.15) is 11.5 Å². The molecule has 1 aliphatic heterocycles. The average Bonchev–Trinajstić information content (AvgIpc) is 3.07. The molecule has 0 amide bonds. The molecule has 27 heavy (non-hydrogen) atoms. The second kappa shape index (κ2) is 6.32. The van der Waals surface area contributed by atoms with Crippen molar-refractivity contribution in [2.24, 2.45) is 0 Å². The number of nitrogens with zero attached hydrogens (tertiary/aromatic N) is 3. The summed E-state index contributed by atoms with van der Waals surface area (Å²) in [6, 6.07) is 9.89. The summed E-state index contributed by atoms with van der Waals surface area (Å²) in [5.74, 6) is 1.04. The summed E-state index contributed by atoms with van der Waals surface area (Å²) in [7, 11) is 0. The van der Waals surface area contributed by atoms with Gasteiger partial charge in [-0.05, 0) is 55.2 Å². The first kappa shape index (κ1) is 16.2. The lowest BCUT2D eigenvalue weighted by atomic mass is 9.99. The fourth-order valence-electron chi connectivity index (χ4n) is 3.79. The van der Waals surface area contributed by atoms with Crippen LogP contribution in [0.15, 0.2) is 47.5 Å². The minimum Gasteiger partial charge on any atom is -0.381 e. The number of imidazole rings is 1. The maximum atomic E-state index is 12.7. The molecule has 1 fully saturated rings. The van der Waals surface area contributed by atoms with Crippen LogP contribution in [0.1, 0.15) is 30.3 Å². The quantitative estimate of drug-likeness (QED) is 0.594. The third-order valence-electron chi connectivity index (χ3n) is 5.24. The zero-order valence-electron chi connectivity index (χ0n) is 15.1. The molecule has 0 unspecified atom stereocenters. The maximum Gasteiger partial charge on any atom is 0.258 e. The number of nitrogens with one attached hydrogen (secondary N) is 1. The monoisotopic (exact) mass is 360 g/mol. The maximum absolute atomic E-state index is 12.7. The smallest absolute Gasteiger partial charge is 0.258 e. The van der Waals surface area contributed by atoms with E-state index in [4.69, 9.17) is 9.72 Å². The molecular formula is C21H20N4O2. The average molecular weight is 360 g/mol. The zero-order valence-corrected chi connectivity index (χ0v) is 15.1. The number of ether oxygens (including phenoxy) is 1. The summed E-state index contributed by atoms with van der Waals surface area (Å²) in [6.45, 7) is 3.42. The first-order chi connectivity index (χ1) is 13.2. The first-order valence-electron chi connectivity index (χ1n) is 9.25. The molecule has 6 heteroatoms. The van der Waals surface area contributed by atoms with Crippen molar-refractivity contribution in [3.05, 3.63) is 64.6 Å². The van der Waals surface area contributed by atoms with Crippen LogP contribution in [-0.4, -0.2) is 32.6 Å². The van der Waals surface area contributed by atoms with Gasteiger partial charge < -0.3 is 14.1 Å². The molecule has 0 aliphatic carbocycles. The van der Waals surface area contributed by atoms with E-state index in [9.17, 15) is 4.79 Å². The summed E-state index contributed by atoms with van der Waals surface area (Å²) in [5.41, 5.74) is 4.58. The molecule has 4 aromatic rings. The van der Waals surface area contributed by atoms with Crippen molar-refractivity contribution in [3.8, 4) is 11.1 Å². The number of hydrogen-bond donors (Lipinski definition) is 1. The summed E-state index contributed by atoms with van der Waals surface area (Å²) < 4.78 is 7.41. The first-order valence-corrected chi connectivity index (χ1v) is 9.25. The van der Waals surface area contributed by atoms with Crippen LogP contribution in [0, 0.1) is 6.92 Å². The second-order valence-electron chi connectivity index (χ2n) is 7.14. The summed E-state index contributed by atoms with van der Waals surface area (Å²) >= 11 is 0. The van der Waals surface area contributed by atoms with E-state index < -0.39 is 0 Å². The fraction of sp³-hybridized carbons (Fsp3) is 0.286. The molecule has 1 aromatic carbocycles. The van der Waals surface area contributed by atoms with Crippen molar-refractivity contribution >= 4 is 16.6 Å². The molecular weight excluding hydrogens is 340 g/mol. The molecule has 0 spiro atoms. The lowest BCUT2D eigenvalue weighted by Crippen LogP contribution is -2.20. The number of H-pyrrole nitrogens is 1. The van der Waals surface area contributed by atoms with Crippen LogP contribution in [0.5, 0.6) is 0 Å². The highest BCUT2D eigenvalue weighted by Gasteiger charge is 2.19. The highest BCUT2D eigenvalue weighted by Crippen LogP contribution is 2.26. The summed E-state index contributed by atoms with van der Waals surface area (Å²) in [5, 5.41) is 0.616. The lowest BCUT2D eigenvalue weighted by Gasteiger charge is -2.21. The number of rotatable bonds is 2.